The molecular weight excluding hydrogens is 442 g/mol. The molecule has 0 unspecified atom stereocenters. The van der Waals surface area contributed by atoms with E-state index in [1.165, 1.54) is 0 Å². The van der Waals surface area contributed by atoms with Gasteiger partial charge in [-0.1, -0.05) is 18.2 Å². The summed E-state index contributed by atoms with van der Waals surface area (Å²) in [5, 5.41) is 0. The zero-order valence-corrected chi connectivity index (χ0v) is 20.3. The fourth-order valence-electron chi connectivity index (χ4n) is 4.46. The predicted octanol–water partition coefficient (Wildman–Crippen LogP) is 4.58. The molecule has 0 bridgehead atoms. The quantitative estimate of drug-likeness (QED) is 0.557. The molecule has 0 N–H and O–H groups in total. The topological polar surface area (TPSA) is 63.6 Å². The van der Waals surface area contributed by atoms with E-state index in [9.17, 15) is 4.79 Å². The van der Waals surface area contributed by atoms with Gasteiger partial charge in [0.25, 0.3) is 0 Å². The van der Waals surface area contributed by atoms with E-state index in [-0.39, 0.29) is 5.91 Å². The van der Waals surface area contributed by atoms with Crippen LogP contribution in [0.2, 0.25) is 0 Å². The van der Waals surface area contributed by atoms with Crippen LogP contribution in [0.15, 0.2) is 65.7 Å². The summed E-state index contributed by atoms with van der Waals surface area (Å²) in [6.07, 6.45) is 0.362. The Labute approximate surface area is 205 Å². The van der Waals surface area contributed by atoms with Gasteiger partial charge < -0.3 is 24.0 Å². The van der Waals surface area contributed by atoms with Crippen molar-refractivity contribution in [1.82, 2.24) is 9.80 Å². The Hall–Kier alpha value is -4.00. The lowest BCUT2D eigenvalue weighted by molar-refractivity contribution is -0.131. The Morgan fingerprint density at radius 1 is 0.914 bits per heavy atom. The Kier molecular flexibility index (Phi) is 6.31. The largest absolute Gasteiger partial charge is 0.497 e. The number of hydrogen-bond donors (Lipinski definition) is 0. The number of methoxy groups -OCH3 is 2. The van der Waals surface area contributed by atoms with E-state index in [0.717, 1.165) is 45.5 Å². The summed E-state index contributed by atoms with van der Waals surface area (Å²) in [4.78, 5) is 22.2. The molecule has 0 aliphatic carbocycles. The van der Waals surface area contributed by atoms with Gasteiger partial charge >= 0.3 is 0 Å². The van der Waals surface area contributed by atoms with Gasteiger partial charge in [0.05, 0.1) is 26.2 Å². The lowest BCUT2D eigenvalue weighted by Crippen LogP contribution is -2.51. The average molecular weight is 472 g/mol. The van der Waals surface area contributed by atoms with Gasteiger partial charge in [0.2, 0.25) is 5.91 Å². The lowest BCUT2D eigenvalue weighted by Gasteiger charge is -2.36. The van der Waals surface area contributed by atoms with Crippen LogP contribution < -0.4 is 14.2 Å². The smallest absolute Gasteiger partial charge is 0.227 e. The molecule has 3 aromatic carbocycles. The van der Waals surface area contributed by atoms with Gasteiger partial charge in [0.15, 0.2) is 5.75 Å². The standard InChI is InChI=1S/C28H29N3O4/c1-19-7-10-24-26(15-19)35-25-18-22(34-3)8-9-23(25)28(29-24)31-13-11-30(12-14-31)27(32)17-20-5-4-6-21(16-20)33-2/h4-10,15-16,18H,11-14,17H2,1-3H3. The van der Waals surface area contributed by atoms with Gasteiger partial charge in [-0.2, -0.15) is 0 Å². The van der Waals surface area contributed by atoms with Crippen LogP contribution in [0.3, 0.4) is 0 Å². The molecule has 7 heteroatoms. The zero-order valence-electron chi connectivity index (χ0n) is 20.3. The third-order valence-corrected chi connectivity index (χ3v) is 6.41. The number of carbonyl (C=O) groups excluding carboxylic acids is 1. The minimum Gasteiger partial charge on any atom is -0.497 e. The van der Waals surface area contributed by atoms with Crippen LogP contribution in [0.5, 0.6) is 23.0 Å². The van der Waals surface area contributed by atoms with Gasteiger partial charge in [-0.15, -0.1) is 0 Å². The normalized spacial score (nSPS) is 14.8. The first-order valence-electron chi connectivity index (χ1n) is 11.8. The van der Waals surface area contributed by atoms with Crippen LogP contribution >= 0.6 is 0 Å². The number of piperazine rings is 1. The van der Waals surface area contributed by atoms with Crippen LogP contribution in [-0.2, 0) is 11.2 Å². The second-order valence-electron chi connectivity index (χ2n) is 8.77. The monoisotopic (exact) mass is 471 g/mol. The molecule has 0 spiro atoms. The van der Waals surface area contributed by atoms with E-state index in [0.29, 0.717) is 38.3 Å². The fourth-order valence-corrected chi connectivity index (χ4v) is 4.46. The molecule has 1 saturated heterocycles. The van der Waals surface area contributed by atoms with E-state index in [1.54, 1.807) is 14.2 Å². The van der Waals surface area contributed by atoms with Gasteiger partial charge in [0.1, 0.15) is 28.8 Å². The molecule has 2 aliphatic rings. The van der Waals surface area contributed by atoms with Crippen molar-refractivity contribution in [3.63, 3.8) is 0 Å². The third kappa shape index (κ3) is 4.80. The Balaban J connectivity index is 1.36. The van der Waals surface area contributed by atoms with E-state index < -0.39 is 0 Å². The maximum atomic E-state index is 13.0. The number of amidine groups is 1. The minimum atomic E-state index is 0.120. The Morgan fingerprint density at radius 3 is 2.46 bits per heavy atom. The van der Waals surface area contributed by atoms with Gasteiger partial charge in [-0.3, -0.25) is 4.79 Å². The molecule has 0 saturated carbocycles. The molecule has 2 heterocycles. The summed E-state index contributed by atoms with van der Waals surface area (Å²) in [6, 6.07) is 19.5. The van der Waals surface area contributed by atoms with Crippen molar-refractivity contribution < 1.29 is 19.0 Å². The second kappa shape index (κ2) is 9.70. The number of carbonyl (C=O) groups is 1. The highest BCUT2D eigenvalue weighted by atomic mass is 16.5. The maximum Gasteiger partial charge on any atom is 0.227 e. The first-order chi connectivity index (χ1) is 17.0. The van der Waals surface area contributed by atoms with Gasteiger partial charge in [0, 0.05) is 32.2 Å². The molecule has 7 nitrogen and oxygen atoms in total. The highest BCUT2D eigenvalue weighted by Crippen LogP contribution is 2.40. The number of aliphatic imine (C=N–C) groups is 1. The summed E-state index contributed by atoms with van der Waals surface area (Å²) in [7, 11) is 3.28. The van der Waals surface area contributed by atoms with Gasteiger partial charge in [-0.25, -0.2) is 4.99 Å². The number of fused-ring (bicyclic) bond motifs is 2. The summed E-state index contributed by atoms with van der Waals surface area (Å²) < 4.78 is 17.0. The molecular formula is C28H29N3O4. The van der Waals surface area contributed by atoms with Crippen molar-refractivity contribution in [3.8, 4) is 23.0 Å². The highest BCUT2D eigenvalue weighted by molar-refractivity contribution is 6.04. The molecule has 3 aromatic rings. The van der Waals surface area contributed by atoms with Crippen molar-refractivity contribution in [3.05, 3.63) is 77.4 Å². The van der Waals surface area contributed by atoms with Crippen molar-refractivity contribution in [2.45, 2.75) is 13.3 Å². The van der Waals surface area contributed by atoms with Crippen molar-refractivity contribution in [1.29, 1.82) is 0 Å². The number of nitrogens with zero attached hydrogens (tertiary/aromatic N) is 3. The van der Waals surface area contributed by atoms with Crippen molar-refractivity contribution >= 4 is 17.4 Å². The predicted molar refractivity (Wildman–Crippen MR) is 135 cm³/mol. The Bertz CT molecular complexity index is 1280. The molecule has 1 amide bonds. The summed E-state index contributed by atoms with van der Waals surface area (Å²) in [5.74, 6) is 3.90. The number of amides is 1. The highest BCUT2D eigenvalue weighted by Gasteiger charge is 2.28. The zero-order chi connectivity index (χ0) is 24.4. The van der Waals surface area contributed by atoms with E-state index in [4.69, 9.17) is 19.2 Å². The first-order valence-corrected chi connectivity index (χ1v) is 11.8. The number of rotatable bonds is 4. The number of hydrogen-bond acceptors (Lipinski definition) is 6. The number of aryl methyl sites for hydroxylation is 1. The van der Waals surface area contributed by atoms with E-state index in [2.05, 4.69) is 4.90 Å². The van der Waals surface area contributed by atoms with Crippen LogP contribution in [-0.4, -0.2) is 61.9 Å². The molecule has 0 atom stereocenters. The number of benzene rings is 3. The summed E-state index contributed by atoms with van der Waals surface area (Å²) in [6.45, 7) is 4.68. The molecule has 0 aromatic heterocycles. The lowest BCUT2D eigenvalue weighted by atomic mass is 10.1. The minimum absolute atomic E-state index is 0.120. The summed E-state index contributed by atoms with van der Waals surface area (Å²) in [5.41, 5.74) is 3.76. The van der Waals surface area contributed by atoms with Crippen LogP contribution in [0.4, 0.5) is 5.69 Å². The molecule has 180 valence electrons. The average Bonchev–Trinajstić information content (AvgIpc) is 3.04. The SMILES string of the molecule is COc1cccc(CC(=O)N2CCN(C3=Nc4ccc(C)cc4Oc4cc(OC)ccc43)CC2)c1. The molecule has 1 fully saturated rings. The first kappa shape index (κ1) is 22.8. The number of ether oxygens (including phenoxy) is 3. The van der Waals surface area contributed by atoms with Gasteiger partial charge in [-0.05, 0) is 54.4 Å². The molecule has 2 aliphatic heterocycles. The summed E-state index contributed by atoms with van der Waals surface area (Å²) >= 11 is 0. The Morgan fingerprint density at radius 2 is 1.69 bits per heavy atom. The van der Waals surface area contributed by atoms with Crippen molar-refractivity contribution in [2.75, 3.05) is 40.4 Å². The second-order valence-corrected chi connectivity index (χ2v) is 8.77. The maximum absolute atomic E-state index is 13.0. The molecule has 0 radical (unpaired) electrons. The van der Waals surface area contributed by atoms with Crippen molar-refractivity contribution in [2.24, 2.45) is 4.99 Å². The van der Waals surface area contributed by atoms with Crippen LogP contribution in [0.25, 0.3) is 0 Å². The molecule has 35 heavy (non-hydrogen) atoms. The van der Waals surface area contributed by atoms with Crippen LogP contribution in [0, 0.1) is 6.92 Å². The third-order valence-electron chi connectivity index (χ3n) is 6.41. The van der Waals surface area contributed by atoms with Crippen LogP contribution in [0.1, 0.15) is 16.7 Å². The molecule has 5 rings (SSSR count). The fraction of sp³-hybridized carbons (Fsp3) is 0.286. The van der Waals surface area contributed by atoms with E-state index in [1.807, 2.05) is 72.5 Å². The van der Waals surface area contributed by atoms with E-state index >= 15 is 0 Å².